The maximum Gasteiger partial charge on any atom is 0.339 e. The Labute approximate surface area is 143 Å². The minimum absolute atomic E-state index is 0.350. The van der Waals surface area contributed by atoms with Crippen LogP contribution in [-0.4, -0.2) is 36.1 Å². The van der Waals surface area contributed by atoms with E-state index in [9.17, 15) is 9.59 Å². The van der Waals surface area contributed by atoms with Crippen molar-refractivity contribution >= 4 is 27.9 Å². The van der Waals surface area contributed by atoms with Gasteiger partial charge in [-0.05, 0) is 31.2 Å². The molecule has 0 saturated carbocycles. The third-order valence-corrected chi connectivity index (χ3v) is 3.29. The molecule has 23 heavy (non-hydrogen) atoms. The van der Waals surface area contributed by atoms with Crippen LogP contribution in [0.5, 0.6) is 0 Å². The molecular formula is C16H17BrN2O4. The maximum absolute atomic E-state index is 10.9. The highest BCUT2D eigenvalue weighted by Crippen LogP contribution is 2.04. The normalized spacial score (nSPS) is 9.39. The van der Waals surface area contributed by atoms with Crippen molar-refractivity contribution in [2.75, 3.05) is 14.2 Å². The molecule has 0 spiro atoms. The van der Waals surface area contributed by atoms with E-state index in [0.717, 1.165) is 11.4 Å². The van der Waals surface area contributed by atoms with Crippen molar-refractivity contribution in [1.82, 2.24) is 9.97 Å². The summed E-state index contributed by atoms with van der Waals surface area (Å²) in [5, 5.41) is 0.689. The topological polar surface area (TPSA) is 78.4 Å². The van der Waals surface area contributed by atoms with Crippen LogP contribution in [0.15, 0.2) is 36.7 Å². The minimum Gasteiger partial charge on any atom is -0.465 e. The molecule has 0 bridgehead atoms. The lowest BCUT2D eigenvalue weighted by atomic mass is 10.2. The quantitative estimate of drug-likeness (QED) is 0.601. The molecule has 0 aliphatic carbocycles. The fourth-order valence-corrected chi connectivity index (χ4v) is 1.78. The van der Waals surface area contributed by atoms with Gasteiger partial charge in [-0.3, -0.25) is 9.97 Å². The predicted octanol–water partition coefficient (Wildman–Crippen LogP) is 2.94. The van der Waals surface area contributed by atoms with Gasteiger partial charge in [0, 0.05) is 23.4 Å². The number of halogens is 1. The molecular weight excluding hydrogens is 364 g/mol. The van der Waals surface area contributed by atoms with E-state index in [-0.39, 0.29) is 11.9 Å². The molecule has 0 aliphatic heterocycles. The summed E-state index contributed by atoms with van der Waals surface area (Å²) in [6.45, 7) is 1.86. The Morgan fingerprint density at radius 1 is 0.957 bits per heavy atom. The number of hydrogen-bond acceptors (Lipinski definition) is 6. The van der Waals surface area contributed by atoms with Crippen LogP contribution >= 0.6 is 15.9 Å². The smallest absolute Gasteiger partial charge is 0.339 e. The first-order chi connectivity index (χ1) is 11.0. The molecule has 2 aromatic rings. The maximum atomic E-state index is 10.9. The third kappa shape index (κ3) is 6.15. The second-order valence-corrected chi connectivity index (χ2v) is 4.90. The molecule has 6 nitrogen and oxygen atoms in total. The molecule has 122 valence electrons. The average molecular weight is 381 g/mol. The van der Waals surface area contributed by atoms with Gasteiger partial charge in [0.25, 0.3) is 0 Å². The Bertz CT molecular complexity index is 642. The minimum atomic E-state index is -0.358. The summed E-state index contributed by atoms with van der Waals surface area (Å²) in [6.07, 6.45) is 3.00. The number of pyridine rings is 2. The van der Waals surface area contributed by atoms with Crippen LogP contribution in [0.25, 0.3) is 0 Å². The van der Waals surface area contributed by atoms with E-state index in [1.807, 2.05) is 6.92 Å². The van der Waals surface area contributed by atoms with E-state index in [1.165, 1.54) is 26.6 Å². The molecule has 2 rings (SSSR count). The van der Waals surface area contributed by atoms with Gasteiger partial charge in [0.05, 0.1) is 31.0 Å². The van der Waals surface area contributed by atoms with Crippen LogP contribution in [0.2, 0.25) is 0 Å². The number of alkyl halides is 1. The Hall–Kier alpha value is -2.28. The van der Waals surface area contributed by atoms with E-state index < -0.39 is 0 Å². The van der Waals surface area contributed by atoms with Gasteiger partial charge in [-0.1, -0.05) is 15.9 Å². The van der Waals surface area contributed by atoms with Gasteiger partial charge in [0.2, 0.25) is 0 Å². The summed E-state index contributed by atoms with van der Waals surface area (Å²) < 4.78 is 9.02. The lowest BCUT2D eigenvalue weighted by Crippen LogP contribution is -2.01. The number of hydrogen-bond donors (Lipinski definition) is 0. The third-order valence-electron chi connectivity index (χ3n) is 2.72. The summed E-state index contributed by atoms with van der Waals surface area (Å²) in [7, 11) is 2.70. The summed E-state index contributed by atoms with van der Waals surface area (Å²) >= 11 is 3.26. The van der Waals surface area contributed by atoms with E-state index in [1.54, 1.807) is 24.3 Å². The fraction of sp³-hybridized carbons (Fsp3) is 0.250. The first-order valence-corrected chi connectivity index (χ1v) is 7.74. The number of aryl methyl sites for hydroxylation is 1. The first kappa shape index (κ1) is 18.8. The van der Waals surface area contributed by atoms with E-state index in [4.69, 9.17) is 0 Å². The Morgan fingerprint density at radius 2 is 1.48 bits per heavy atom. The number of ether oxygens (including phenoxy) is 2. The molecule has 0 saturated heterocycles. The van der Waals surface area contributed by atoms with Crippen LogP contribution < -0.4 is 0 Å². The number of aromatic nitrogens is 2. The van der Waals surface area contributed by atoms with Gasteiger partial charge in [0.1, 0.15) is 0 Å². The second-order valence-electron chi connectivity index (χ2n) is 4.34. The number of methoxy groups -OCH3 is 2. The van der Waals surface area contributed by atoms with E-state index in [2.05, 4.69) is 35.4 Å². The van der Waals surface area contributed by atoms with Gasteiger partial charge in [-0.25, -0.2) is 9.59 Å². The molecule has 0 aromatic carbocycles. The van der Waals surface area contributed by atoms with Crippen molar-refractivity contribution in [1.29, 1.82) is 0 Å². The molecule has 2 aromatic heterocycles. The SMILES string of the molecule is COC(=O)c1ccc(C)nc1.COC(=O)c1ccc(CBr)nc1. The van der Waals surface area contributed by atoms with Gasteiger partial charge in [-0.15, -0.1) is 0 Å². The predicted molar refractivity (Wildman–Crippen MR) is 88.5 cm³/mol. The lowest BCUT2D eigenvalue weighted by molar-refractivity contribution is 0.0591. The Morgan fingerprint density at radius 3 is 1.83 bits per heavy atom. The van der Waals surface area contributed by atoms with Crippen molar-refractivity contribution in [2.45, 2.75) is 12.3 Å². The zero-order valence-electron chi connectivity index (χ0n) is 13.1. The van der Waals surface area contributed by atoms with Crippen LogP contribution in [0.3, 0.4) is 0 Å². The van der Waals surface area contributed by atoms with Crippen molar-refractivity contribution in [3.8, 4) is 0 Å². The zero-order chi connectivity index (χ0) is 17.2. The Balaban J connectivity index is 0.000000231. The molecule has 0 N–H and O–H groups in total. The number of esters is 2. The summed E-state index contributed by atoms with van der Waals surface area (Å²) in [4.78, 5) is 29.8. The molecule has 7 heteroatoms. The first-order valence-electron chi connectivity index (χ1n) is 6.62. The van der Waals surface area contributed by atoms with Crippen molar-refractivity contribution in [2.24, 2.45) is 0 Å². The summed E-state index contributed by atoms with van der Waals surface area (Å²) in [6, 6.07) is 6.93. The highest BCUT2D eigenvalue weighted by molar-refractivity contribution is 9.08. The summed E-state index contributed by atoms with van der Waals surface area (Å²) in [5.74, 6) is -0.707. The fourth-order valence-electron chi connectivity index (χ4n) is 1.45. The van der Waals surface area contributed by atoms with Crippen molar-refractivity contribution in [3.05, 3.63) is 59.2 Å². The monoisotopic (exact) mass is 380 g/mol. The van der Waals surface area contributed by atoms with E-state index in [0.29, 0.717) is 16.5 Å². The molecule has 0 unspecified atom stereocenters. The number of nitrogens with zero attached hydrogens (tertiary/aromatic N) is 2. The van der Waals surface area contributed by atoms with Crippen LogP contribution in [0.1, 0.15) is 32.1 Å². The average Bonchev–Trinajstić information content (AvgIpc) is 2.61. The lowest BCUT2D eigenvalue weighted by Gasteiger charge is -1.98. The van der Waals surface area contributed by atoms with Gasteiger partial charge >= 0.3 is 11.9 Å². The highest BCUT2D eigenvalue weighted by atomic mass is 79.9. The molecule has 0 atom stereocenters. The zero-order valence-corrected chi connectivity index (χ0v) is 14.7. The van der Waals surface area contributed by atoms with Crippen LogP contribution in [0, 0.1) is 6.92 Å². The Kier molecular flexibility index (Phi) is 7.90. The highest BCUT2D eigenvalue weighted by Gasteiger charge is 2.04. The van der Waals surface area contributed by atoms with Crippen LogP contribution in [-0.2, 0) is 14.8 Å². The molecule has 0 aliphatic rings. The van der Waals surface area contributed by atoms with Gasteiger partial charge in [-0.2, -0.15) is 0 Å². The van der Waals surface area contributed by atoms with E-state index >= 15 is 0 Å². The summed E-state index contributed by atoms with van der Waals surface area (Å²) in [5.41, 5.74) is 2.74. The standard InChI is InChI=1S/C8H8BrNO2.C8H9NO2/c1-12-8(11)6-2-3-7(4-9)10-5-6;1-6-3-4-7(5-9-6)8(10)11-2/h2-3,5H,4H2,1H3;3-5H,1-2H3. The molecule has 0 radical (unpaired) electrons. The van der Waals surface area contributed by atoms with Gasteiger partial charge in [0.15, 0.2) is 0 Å². The largest absolute Gasteiger partial charge is 0.465 e. The van der Waals surface area contributed by atoms with Crippen molar-refractivity contribution < 1.29 is 19.1 Å². The van der Waals surface area contributed by atoms with Gasteiger partial charge < -0.3 is 9.47 Å². The number of carbonyl (C=O) groups is 2. The van der Waals surface area contributed by atoms with Crippen LogP contribution in [0.4, 0.5) is 0 Å². The second kappa shape index (κ2) is 9.68. The number of carbonyl (C=O) groups excluding carboxylic acids is 2. The molecule has 0 amide bonds. The number of rotatable bonds is 3. The molecule has 0 fully saturated rings. The van der Waals surface area contributed by atoms with Crippen molar-refractivity contribution in [3.63, 3.8) is 0 Å². The molecule has 2 heterocycles.